The Morgan fingerprint density at radius 2 is 1.64 bits per heavy atom. The zero-order valence-corrected chi connectivity index (χ0v) is 15.5. The first-order valence-electron chi connectivity index (χ1n) is 9.05. The molecule has 1 heterocycles. The molecule has 0 bridgehead atoms. The predicted molar refractivity (Wildman–Crippen MR) is 108 cm³/mol. The first kappa shape index (κ1) is 17.8. The Hall–Kier alpha value is -3.60. The molecule has 0 aliphatic heterocycles. The van der Waals surface area contributed by atoms with Crippen molar-refractivity contribution in [1.82, 2.24) is 9.78 Å². The number of benzene rings is 3. The average molecular weight is 372 g/mol. The second kappa shape index (κ2) is 7.96. The molecule has 0 atom stereocenters. The van der Waals surface area contributed by atoms with E-state index in [1.165, 1.54) is 7.11 Å². The SMILES string of the molecule is COC(=O)Cn1nc(-c2ccccc2OCc2ccccc2)c2ccccc21. The number of hydrogen-bond acceptors (Lipinski definition) is 4. The van der Waals surface area contributed by atoms with Crippen molar-refractivity contribution in [1.29, 1.82) is 0 Å². The Kier molecular flexibility index (Phi) is 5.06. The lowest BCUT2D eigenvalue weighted by Gasteiger charge is -2.10. The lowest BCUT2D eigenvalue weighted by molar-refractivity contribution is -0.141. The summed E-state index contributed by atoms with van der Waals surface area (Å²) in [6.45, 7) is 0.530. The molecule has 5 nitrogen and oxygen atoms in total. The molecule has 0 saturated carbocycles. The highest BCUT2D eigenvalue weighted by Gasteiger charge is 2.17. The molecule has 0 spiro atoms. The number of carbonyl (C=O) groups is 1. The minimum Gasteiger partial charge on any atom is -0.488 e. The van der Waals surface area contributed by atoms with Crippen LogP contribution in [-0.2, 0) is 22.7 Å². The highest BCUT2D eigenvalue weighted by Crippen LogP contribution is 2.34. The minimum absolute atomic E-state index is 0.0596. The van der Waals surface area contributed by atoms with Crippen LogP contribution in [0.2, 0.25) is 0 Å². The summed E-state index contributed by atoms with van der Waals surface area (Å²) in [4.78, 5) is 11.8. The number of aromatic nitrogens is 2. The van der Waals surface area contributed by atoms with Crippen molar-refractivity contribution < 1.29 is 14.3 Å². The van der Waals surface area contributed by atoms with Crippen LogP contribution in [0.15, 0.2) is 78.9 Å². The smallest absolute Gasteiger partial charge is 0.327 e. The maximum absolute atomic E-state index is 11.8. The summed E-state index contributed by atoms with van der Waals surface area (Å²) >= 11 is 0. The molecule has 0 amide bonds. The summed E-state index contributed by atoms with van der Waals surface area (Å²) in [5.74, 6) is 0.410. The molecule has 4 aromatic rings. The lowest BCUT2D eigenvalue weighted by Crippen LogP contribution is -2.12. The fourth-order valence-electron chi connectivity index (χ4n) is 3.16. The van der Waals surface area contributed by atoms with Gasteiger partial charge in [0.25, 0.3) is 0 Å². The summed E-state index contributed by atoms with van der Waals surface area (Å²) < 4.78 is 12.6. The number of carbonyl (C=O) groups excluding carboxylic acids is 1. The Morgan fingerprint density at radius 1 is 0.929 bits per heavy atom. The molecule has 0 aliphatic carbocycles. The number of esters is 1. The number of methoxy groups -OCH3 is 1. The molecular formula is C23H20N2O3. The van der Waals surface area contributed by atoms with Crippen LogP contribution in [0.3, 0.4) is 0 Å². The third kappa shape index (κ3) is 3.60. The van der Waals surface area contributed by atoms with Crippen molar-refractivity contribution in [3.05, 3.63) is 84.4 Å². The standard InChI is InChI=1S/C23H20N2O3/c1-27-22(26)15-25-20-13-7-5-11-18(20)23(24-25)19-12-6-8-14-21(19)28-16-17-9-3-2-4-10-17/h2-14H,15-16H2,1H3. The van der Waals surface area contributed by atoms with E-state index in [9.17, 15) is 4.79 Å². The highest BCUT2D eigenvalue weighted by atomic mass is 16.5. The Balaban J connectivity index is 1.73. The van der Waals surface area contributed by atoms with Gasteiger partial charge in [-0.2, -0.15) is 5.10 Å². The Bertz CT molecular complexity index is 1100. The van der Waals surface area contributed by atoms with Gasteiger partial charge in [0.05, 0.1) is 12.6 Å². The van der Waals surface area contributed by atoms with E-state index >= 15 is 0 Å². The van der Waals surface area contributed by atoms with E-state index < -0.39 is 0 Å². The van der Waals surface area contributed by atoms with E-state index in [0.29, 0.717) is 6.61 Å². The number of hydrogen-bond donors (Lipinski definition) is 0. The van der Waals surface area contributed by atoms with Crippen LogP contribution in [0.4, 0.5) is 0 Å². The molecule has 0 aliphatic rings. The summed E-state index contributed by atoms with van der Waals surface area (Å²) in [6, 6.07) is 25.7. The van der Waals surface area contributed by atoms with E-state index in [4.69, 9.17) is 14.6 Å². The number of ether oxygens (including phenoxy) is 2. The molecule has 140 valence electrons. The maximum Gasteiger partial charge on any atom is 0.327 e. The third-order valence-electron chi connectivity index (χ3n) is 4.54. The lowest BCUT2D eigenvalue weighted by atomic mass is 10.1. The maximum atomic E-state index is 11.8. The molecule has 0 unspecified atom stereocenters. The molecule has 3 aromatic carbocycles. The van der Waals surface area contributed by atoms with Crippen LogP contribution in [-0.4, -0.2) is 22.9 Å². The monoisotopic (exact) mass is 372 g/mol. The van der Waals surface area contributed by atoms with Crippen molar-refractivity contribution in [2.75, 3.05) is 7.11 Å². The van der Waals surface area contributed by atoms with Gasteiger partial charge in [0, 0.05) is 10.9 Å². The van der Waals surface area contributed by atoms with E-state index in [-0.39, 0.29) is 12.5 Å². The van der Waals surface area contributed by atoms with E-state index in [1.807, 2.05) is 78.9 Å². The van der Waals surface area contributed by atoms with Gasteiger partial charge in [-0.15, -0.1) is 0 Å². The van der Waals surface area contributed by atoms with Crippen molar-refractivity contribution in [3.63, 3.8) is 0 Å². The molecular weight excluding hydrogens is 352 g/mol. The van der Waals surface area contributed by atoms with E-state index in [2.05, 4.69) is 0 Å². The van der Waals surface area contributed by atoms with Gasteiger partial charge in [0.2, 0.25) is 0 Å². The predicted octanol–water partition coefficient (Wildman–Crippen LogP) is 4.46. The molecule has 0 radical (unpaired) electrons. The van der Waals surface area contributed by atoms with E-state index in [0.717, 1.165) is 33.5 Å². The van der Waals surface area contributed by atoms with Crippen LogP contribution >= 0.6 is 0 Å². The van der Waals surface area contributed by atoms with Crippen LogP contribution in [0.25, 0.3) is 22.2 Å². The summed E-state index contributed by atoms with van der Waals surface area (Å²) in [5, 5.41) is 5.66. The van der Waals surface area contributed by atoms with Crippen molar-refractivity contribution in [2.45, 2.75) is 13.2 Å². The average Bonchev–Trinajstić information content (AvgIpc) is 3.11. The molecule has 28 heavy (non-hydrogen) atoms. The van der Waals surface area contributed by atoms with Crippen LogP contribution < -0.4 is 4.74 Å². The fraction of sp³-hybridized carbons (Fsp3) is 0.130. The van der Waals surface area contributed by atoms with Gasteiger partial charge >= 0.3 is 5.97 Å². The van der Waals surface area contributed by atoms with Gasteiger partial charge in [0.15, 0.2) is 0 Å². The largest absolute Gasteiger partial charge is 0.488 e. The van der Waals surface area contributed by atoms with Gasteiger partial charge in [-0.25, -0.2) is 0 Å². The topological polar surface area (TPSA) is 53.4 Å². The van der Waals surface area contributed by atoms with Gasteiger partial charge in [0.1, 0.15) is 24.6 Å². The zero-order chi connectivity index (χ0) is 19.3. The molecule has 1 aromatic heterocycles. The number of nitrogens with zero attached hydrogens (tertiary/aromatic N) is 2. The number of fused-ring (bicyclic) bond motifs is 1. The molecule has 0 saturated heterocycles. The van der Waals surface area contributed by atoms with Gasteiger partial charge in [-0.05, 0) is 23.8 Å². The minimum atomic E-state index is -0.339. The van der Waals surface area contributed by atoms with Gasteiger partial charge in [-0.3, -0.25) is 9.48 Å². The Labute approximate surface area is 163 Å². The zero-order valence-electron chi connectivity index (χ0n) is 15.5. The number of para-hydroxylation sites is 2. The van der Waals surface area contributed by atoms with Gasteiger partial charge < -0.3 is 9.47 Å². The highest BCUT2D eigenvalue weighted by molar-refractivity contribution is 5.95. The van der Waals surface area contributed by atoms with E-state index in [1.54, 1.807) is 4.68 Å². The van der Waals surface area contributed by atoms with Crippen LogP contribution in [0.5, 0.6) is 5.75 Å². The molecule has 5 heteroatoms. The van der Waals surface area contributed by atoms with Crippen LogP contribution in [0, 0.1) is 0 Å². The molecule has 4 rings (SSSR count). The second-order valence-corrected chi connectivity index (χ2v) is 6.37. The normalized spacial score (nSPS) is 10.8. The quantitative estimate of drug-likeness (QED) is 0.469. The first-order valence-corrected chi connectivity index (χ1v) is 9.05. The number of rotatable bonds is 6. The van der Waals surface area contributed by atoms with Crippen molar-refractivity contribution in [2.24, 2.45) is 0 Å². The van der Waals surface area contributed by atoms with Crippen molar-refractivity contribution >= 4 is 16.9 Å². The van der Waals surface area contributed by atoms with Gasteiger partial charge in [-0.1, -0.05) is 60.7 Å². The van der Waals surface area contributed by atoms with Crippen molar-refractivity contribution in [3.8, 4) is 17.0 Å². The summed E-state index contributed by atoms with van der Waals surface area (Å²) in [5.41, 5.74) is 3.64. The van der Waals surface area contributed by atoms with Crippen LogP contribution in [0.1, 0.15) is 5.56 Å². The fourth-order valence-corrected chi connectivity index (χ4v) is 3.16. The Morgan fingerprint density at radius 3 is 2.46 bits per heavy atom. The molecule has 0 N–H and O–H groups in total. The second-order valence-electron chi connectivity index (χ2n) is 6.37. The first-order chi connectivity index (χ1) is 13.8. The summed E-state index contributed by atoms with van der Waals surface area (Å²) in [6.07, 6.45) is 0. The summed E-state index contributed by atoms with van der Waals surface area (Å²) in [7, 11) is 1.38. The molecule has 0 fully saturated rings. The third-order valence-corrected chi connectivity index (χ3v) is 4.54.